The molecule has 0 amide bonds. The van der Waals surface area contributed by atoms with Gasteiger partial charge in [0.05, 0.1) is 17.1 Å². The number of nitrogens with one attached hydrogen (secondary N) is 1. The summed E-state index contributed by atoms with van der Waals surface area (Å²) in [6, 6.07) is 8.86. The van der Waals surface area contributed by atoms with Gasteiger partial charge in [0.1, 0.15) is 5.82 Å². The molecule has 18 heavy (non-hydrogen) atoms. The lowest BCUT2D eigenvalue weighted by Crippen LogP contribution is -2.05. The van der Waals surface area contributed by atoms with Gasteiger partial charge in [-0.3, -0.25) is 0 Å². The molecule has 2 aromatic heterocycles. The minimum Gasteiger partial charge on any atom is -0.331 e. The Morgan fingerprint density at radius 2 is 2.22 bits per heavy atom. The monoisotopic (exact) mass is 278 g/mol. The smallest absolute Gasteiger partial charge is 0.178 e. The van der Waals surface area contributed by atoms with Crippen LogP contribution in [0.2, 0.25) is 0 Å². The molecule has 1 aromatic carbocycles. The number of H-pyrrole nitrogens is 1. The summed E-state index contributed by atoms with van der Waals surface area (Å²) >= 11 is 7.01. The first kappa shape index (κ1) is 11.6. The van der Waals surface area contributed by atoms with E-state index in [9.17, 15) is 4.39 Å². The van der Waals surface area contributed by atoms with Crippen LogP contribution >= 0.6 is 23.6 Å². The summed E-state index contributed by atoms with van der Waals surface area (Å²) in [5.41, 5.74) is 1.67. The third-order valence-corrected chi connectivity index (χ3v) is 4.36. The number of aromatic amines is 1. The number of imidazole rings is 1. The third-order valence-electron chi connectivity index (χ3n) is 3.02. The van der Waals surface area contributed by atoms with Crippen LogP contribution in [0.1, 0.15) is 17.8 Å². The van der Waals surface area contributed by atoms with Crippen LogP contribution in [0.5, 0.6) is 0 Å². The highest BCUT2D eigenvalue weighted by atomic mass is 32.1. The molecule has 0 bridgehead atoms. The highest BCUT2D eigenvalue weighted by Crippen LogP contribution is 2.27. The molecule has 0 spiro atoms. The van der Waals surface area contributed by atoms with Gasteiger partial charge in [0, 0.05) is 4.88 Å². The molecule has 0 radical (unpaired) electrons. The van der Waals surface area contributed by atoms with E-state index in [-0.39, 0.29) is 11.9 Å². The summed E-state index contributed by atoms with van der Waals surface area (Å²) in [4.78, 5) is 4.32. The lowest BCUT2D eigenvalue weighted by Gasteiger charge is -2.12. The number of thiophene rings is 1. The van der Waals surface area contributed by atoms with Crippen molar-refractivity contribution in [3.05, 3.63) is 51.2 Å². The maximum Gasteiger partial charge on any atom is 0.178 e. The molecule has 2 nitrogen and oxygen atoms in total. The van der Waals surface area contributed by atoms with Crippen LogP contribution in [0.4, 0.5) is 4.39 Å². The fourth-order valence-electron chi connectivity index (χ4n) is 2.14. The van der Waals surface area contributed by atoms with Gasteiger partial charge in [0.2, 0.25) is 0 Å². The van der Waals surface area contributed by atoms with Crippen molar-refractivity contribution in [1.82, 2.24) is 9.55 Å². The molecule has 0 fully saturated rings. The van der Waals surface area contributed by atoms with Gasteiger partial charge >= 0.3 is 0 Å². The SMILES string of the molecule is CC(c1cccs1)n1c(=S)[nH]c2ccc(F)cc21. The first-order valence-electron chi connectivity index (χ1n) is 5.60. The van der Waals surface area contributed by atoms with Gasteiger partial charge in [0.15, 0.2) is 4.77 Å². The Hall–Kier alpha value is -1.46. The second-order valence-electron chi connectivity index (χ2n) is 4.15. The zero-order valence-electron chi connectivity index (χ0n) is 9.68. The van der Waals surface area contributed by atoms with Crippen molar-refractivity contribution in [2.45, 2.75) is 13.0 Å². The Labute approximate surface area is 113 Å². The molecular formula is C13H11FN2S2. The zero-order chi connectivity index (χ0) is 12.7. The van der Waals surface area contributed by atoms with Gasteiger partial charge in [-0.2, -0.15) is 0 Å². The molecule has 1 N–H and O–H groups in total. The zero-order valence-corrected chi connectivity index (χ0v) is 11.3. The van der Waals surface area contributed by atoms with Gasteiger partial charge in [-0.15, -0.1) is 11.3 Å². The Bertz CT molecular complexity index is 740. The standard InChI is InChI=1S/C13H11FN2S2/c1-8(12-3-2-6-18-12)16-11-7-9(14)4-5-10(11)15-13(16)17/h2-8H,1H3,(H,15,17). The fraction of sp³-hybridized carbons (Fsp3) is 0.154. The van der Waals surface area contributed by atoms with Crippen molar-refractivity contribution in [2.24, 2.45) is 0 Å². The maximum absolute atomic E-state index is 13.4. The Balaban J connectivity index is 2.25. The highest BCUT2D eigenvalue weighted by molar-refractivity contribution is 7.71. The lowest BCUT2D eigenvalue weighted by atomic mass is 10.2. The third kappa shape index (κ3) is 1.79. The number of nitrogens with zero attached hydrogens (tertiary/aromatic N) is 1. The number of hydrogen-bond donors (Lipinski definition) is 1. The van der Waals surface area contributed by atoms with Gasteiger partial charge in [-0.25, -0.2) is 4.39 Å². The molecule has 3 rings (SSSR count). The molecular weight excluding hydrogens is 267 g/mol. The molecule has 1 unspecified atom stereocenters. The summed E-state index contributed by atoms with van der Waals surface area (Å²) in [5, 5.41) is 2.03. The Morgan fingerprint density at radius 1 is 1.39 bits per heavy atom. The molecule has 0 aliphatic carbocycles. The van der Waals surface area contributed by atoms with E-state index in [0.717, 1.165) is 11.0 Å². The summed E-state index contributed by atoms with van der Waals surface area (Å²) in [7, 11) is 0. The van der Waals surface area contributed by atoms with Gasteiger partial charge in [0.25, 0.3) is 0 Å². The minimum absolute atomic E-state index is 0.105. The van der Waals surface area contributed by atoms with Gasteiger partial charge < -0.3 is 9.55 Å². The van der Waals surface area contributed by atoms with E-state index in [1.165, 1.54) is 17.0 Å². The molecule has 92 valence electrons. The van der Waals surface area contributed by atoms with Crippen LogP contribution in [-0.2, 0) is 0 Å². The molecule has 0 saturated heterocycles. The predicted octanol–water partition coefficient (Wildman–Crippen LogP) is 4.51. The van der Waals surface area contributed by atoms with Crippen LogP contribution in [0.3, 0.4) is 0 Å². The Kier molecular flexibility index (Phi) is 2.80. The van der Waals surface area contributed by atoms with E-state index in [4.69, 9.17) is 12.2 Å². The molecule has 2 heterocycles. The van der Waals surface area contributed by atoms with E-state index in [1.807, 2.05) is 16.0 Å². The summed E-state index contributed by atoms with van der Waals surface area (Å²) in [6.07, 6.45) is 0. The fourth-order valence-corrected chi connectivity index (χ4v) is 3.28. The van der Waals surface area contributed by atoms with Crippen molar-refractivity contribution in [3.63, 3.8) is 0 Å². The van der Waals surface area contributed by atoms with E-state index >= 15 is 0 Å². The van der Waals surface area contributed by atoms with Crippen LogP contribution in [0, 0.1) is 10.6 Å². The summed E-state index contributed by atoms with van der Waals surface area (Å²) < 4.78 is 16.0. The van der Waals surface area contributed by atoms with Crippen molar-refractivity contribution in [1.29, 1.82) is 0 Å². The molecule has 3 aromatic rings. The van der Waals surface area contributed by atoms with Crippen molar-refractivity contribution >= 4 is 34.6 Å². The number of halogens is 1. The normalized spacial score (nSPS) is 13.0. The summed E-state index contributed by atoms with van der Waals surface area (Å²) in [5.74, 6) is -0.247. The minimum atomic E-state index is -0.247. The average molecular weight is 278 g/mol. The highest BCUT2D eigenvalue weighted by Gasteiger charge is 2.14. The molecule has 0 saturated carbocycles. The molecule has 0 aliphatic rings. The second-order valence-corrected chi connectivity index (χ2v) is 5.52. The van der Waals surface area contributed by atoms with Crippen LogP contribution < -0.4 is 0 Å². The van der Waals surface area contributed by atoms with Gasteiger partial charge in [-0.05, 0) is 48.8 Å². The number of rotatable bonds is 2. The topological polar surface area (TPSA) is 20.7 Å². The quantitative estimate of drug-likeness (QED) is 0.684. The first-order valence-corrected chi connectivity index (χ1v) is 6.89. The number of hydrogen-bond acceptors (Lipinski definition) is 2. The Morgan fingerprint density at radius 3 is 2.94 bits per heavy atom. The predicted molar refractivity (Wildman–Crippen MR) is 75.2 cm³/mol. The molecule has 0 aliphatic heterocycles. The van der Waals surface area contributed by atoms with Crippen LogP contribution in [0.15, 0.2) is 35.7 Å². The summed E-state index contributed by atoms with van der Waals surface area (Å²) in [6.45, 7) is 2.07. The number of fused-ring (bicyclic) bond motifs is 1. The maximum atomic E-state index is 13.4. The molecule has 5 heteroatoms. The molecule has 1 atom stereocenters. The number of aromatic nitrogens is 2. The van der Waals surface area contributed by atoms with Gasteiger partial charge in [-0.1, -0.05) is 6.07 Å². The van der Waals surface area contributed by atoms with E-state index in [0.29, 0.717) is 4.77 Å². The van der Waals surface area contributed by atoms with Crippen LogP contribution in [0.25, 0.3) is 11.0 Å². The van der Waals surface area contributed by atoms with Crippen LogP contribution in [-0.4, -0.2) is 9.55 Å². The van der Waals surface area contributed by atoms with Crippen molar-refractivity contribution < 1.29 is 4.39 Å². The van der Waals surface area contributed by atoms with E-state index in [2.05, 4.69) is 18.0 Å². The second kappa shape index (κ2) is 4.33. The van der Waals surface area contributed by atoms with Crippen molar-refractivity contribution in [3.8, 4) is 0 Å². The lowest BCUT2D eigenvalue weighted by molar-refractivity contribution is 0.624. The van der Waals surface area contributed by atoms with Crippen molar-refractivity contribution in [2.75, 3.05) is 0 Å². The first-order chi connectivity index (χ1) is 8.66. The van der Waals surface area contributed by atoms with E-state index < -0.39 is 0 Å². The van der Waals surface area contributed by atoms with E-state index in [1.54, 1.807) is 17.4 Å². The average Bonchev–Trinajstić information content (AvgIpc) is 2.94. The largest absolute Gasteiger partial charge is 0.331 e. The number of benzene rings is 1.